The van der Waals surface area contributed by atoms with Crippen LogP contribution in [0.25, 0.3) is 0 Å². The highest BCUT2D eigenvalue weighted by atomic mass is 16.3. The number of hydrogen-bond donors (Lipinski definition) is 1. The smallest absolute Gasteiger partial charge is 0.0540 e. The highest BCUT2D eigenvalue weighted by molar-refractivity contribution is 5.03. The molecule has 1 N–H and O–H groups in total. The summed E-state index contributed by atoms with van der Waals surface area (Å²) in [7, 11) is 0. The lowest BCUT2D eigenvalue weighted by Crippen LogP contribution is -2.05. The quantitative estimate of drug-likeness (QED) is 0.683. The minimum absolute atomic E-state index is 0.0835. The number of unbranched alkanes of at least 4 members (excludes halogenated alkanes) is 2. The topological polar surface area (TPSA) is 33.1 Å². The Balaban J connectivity index is 2.00. The molecular weight excluding hydrogens is 198 g/mol. The van der Waals surface area contributed by atoms with Crippen LogP contribution in [0.15, 0.2) is 24.4 Å². The monoisotopic (exact) mass is 221 g/mol. The van der Waals surface area contributed by atoms with Gasteiger partial charge in [0.25, 0.3) is 0 Å². The third-order valence-corrected chi connectivity index (χ3v) is 2.82. The zero-order valence-corrected chi connectivity index (χ0v) is 10.2. The molecular formula is C14H23NO. The lowest BCUT2D eigenvalue weighted by Gasteiger charge is -2.08. The van der Waals surface area contributed by atoms with Gasteiger partial charge in [0, 0.05) is 11.9 Å². The van der Waals surface area contributed by atoms with Gasteiger partial charge in [0.05, 0.1) is 6.10 Å². The van der Waals surface area contributed by atoms with Crippen LogP contribution in [-0.2, 0) is 6.42 Å². The Kier molecular flexibility index (Phi) is 6.82. The Labute approximate surface area is 98.7 Å². The van der Waals surface area contributed by atoms with E-state index in [1.165, 1.54) is 18.5 Å². The molecule has 1 atom stereocenters. The summed E-state index contributed by atoms with van der Waals surface area (Å²) in [6.07, 6.45) is 9.30. The van der Waals surface area contributed by atoms with Gasteiger partial charge in [-0.25, -0.2) is 0 Å². The molecule has 0 saturated heterocycles. The standard InChI is InChI=1S/C14H23NO/c1-2-8-14(16)11-5-3-4-9-13-10-6-7-12-15-13/h6-7,10,12,14,16H,2-5,8-9,11H2,1H3/t14-/m1/s1. The van der Waals surface area contributed by atoms with E-state index in [4.69, 9.17) is 0 Å². The van der Waals surface area contributed by atoms with Crippen LogP contribution in [-0.4, -0.2) is 16.2 Å². The van der Waals surface area contributed by atoms with Crippen LogP contribution in [0.3, 0.4) is 0 Å². The molecule has 0 unspecified atom stereocenters. The van der Waals surface area contributed by atoms with E-state index in [0.29, 0.717) is 0 Å². The molecule has 1 aromatic rings. The first-order chi connectivity index (χ1) is 7.83. The minimum Gasteiger partial charge on any atom is -0.393 e. The summed E-state index contributed by atoms with van der Waals surface area (Å²) in [6, 6.07) is 6.06. The van der Waals surface area contributed by atoms with Crippen LogP contribution in [0.5, 0.6) is 0 Å². The van der Waals surface area contributed by atoms with E-state index in [0.717, 1.165) is 32.1 Å². The van der Waals surface area contributed by atoms with Crippen LogP contribution in [0.2, 0.25) is 0 Å². The molecule has 2 heteroatoms. The van der Waals surface area contributed by atoms with Gasteiger partial charge in [-0.05, 0) is 37.8 Å². The first-order valence-electron chi connectivity index (χ1n) is 6.41. The number of pyridine rings is 1. The second kappa shape index (κ2) is 8.28. The highest BCUT2D eigenvalue weighted by Crippen LogP contribution is 2.10. The first-order valence-corrected chi connectivity index (χ1v) is 6.41. The maximum absolute atomic E-state index is 9.55. The highest BCUT2D eigenvalue weighted by Gasteiger charge is 2.01. The van der Waals surface area contributed by atoms with Gasteiger partial charge in [-0.3, -0.25) is 4.98 Å². The lowest BCUT2D eigenvalue weighted by molar-refractivity contribution is 0.150. The van der Waals surface area contributed by atoms with Crippen molar-refractivity contribution in [1.29, 1.82) is 0 Å². The zero-order chi connectivity index (χ0) is 11.6. The van der Waals surface area contributed by atoms with Crippen LogP contribution < -0.4 is 0 Å². The van der Waals surface area contributed by atoms with Crippen LogP contribution in [0, 0.1) is 0 Å². The molecule has 90 valence electrons. The van der Waals surface area contributed by atoms with Gasteiger partial charge in [-0.2, -0.15) is 0 Å². The third kappa shape index (κ3) is 5.86. The SMILES string of the molecule is CCC[C@@H](O)CCCCCc1ccccn1. The van der Waals surface area contributed by atoms with Crippen molar-refractivity contribution < 1.29 is 5.11 Å². The molecule has 16 heavy (non-hydrogen) atoms. The molecule has 0 aromatic carbocycles. The van der Waals surface area contributed by atoms with Gasteiger partial charge in [-0.1, -0.05) is 32.3 Å². The number of aryl methyl sites for hydroxylation is 1. The summed E-state index contributed by atoms with van der Waals surface area (Å²) in [4.78, 5) is 4.29. The third-order valence-electron chi connectivity index (χ3n) is 2.82. The Bertz CT molecular complexity index is 261. The lowest BCUT2D eigenvalue weighted by atomic mass is 10.1. The summed E-state index contributed by atoms with van der Waals surface area (Å²) in [6.45, 7) is 2.12. The van der Waals surface area contributed by atoms with E-state index in [1.54, 1.807) is 0 Å². The van der Waals surface area contributed by atoms with E-state index < -0.39 is 0 Å². The van der Waals surface area contributed by atoms with Crippen molar-refractivity contribution in [2.45, 2.75) is 58.0 Å². The second-order valence-corrected chi connectivity index (χ2v) is 4.36. The van der Waals surface area contributed by atoms with Crippen molar-refractivity contribution in [2.24, 2.45) is 0 Å². The van der Waals surface area contributed by atoms with Gasteiger partial charge in [0.2, 0.25) is 0 Å². The van der Waals surface area contributed by atoms with Crippen LogP contribution in [0.1, 0.15) is 51.1 Å². The van der Waals surface area contributed by atoms with E-state index >= 15 is 0 Å². The van der Waals surface area contributed by atoms with Gasteiger partial charge in [0.1, 0.15) is 0 Å². The normalized spacial score (nSPS) is 12.6. The molecule has 1 rings (SSSR count). The van der Waals surface area contributed by atoms with Crippen molar-refractivity contribution in [3.63, 3.8) is 0 Å². The molecule has 2 nitrogen and oxygen atoms in total. The van der Waals surface area contributed by atoms with Crippen molar-refractivity contribution in [2.75, 3.05) is 0 Å². The van der Waals surface area contributed by atoms with Crippen molar-refractivity contribution >= 4 is 0 Å². The van der Waals surface area contributed by atoms with Gasteiger partial charge < -0.3 is 5.11 Å². The Hall–Kier alpha value is -0.890. The second-order valence-electron chi connectivity index (χ2n) is 4.36. The van der Waals surface area contributed by atoms with E-state index in [9.17, 15) is 5.11 Å². The zero-order valence-electron chi connectivity index (χ0n) is 10.2. The first kappa shape index (κ1) is 13.2. The maximum Gasteiger partial charge on any atom is 0.0540 e. The maximum atomic E-state index is 9.55. The molecule has 0 saturated carbocycles. The molecule has 1 aromatic heterocycles. The van der Waals surface area contributed by atoms with Crippen molar-refractivity contribution in [3.05, 3.63) is 30.1 Å². The number of nitrogens with zero attached hydrogens (tertiary/aromatic N) is 1. The fraction of sp³-hybridized carbons (Fsp3) is 0.643. The summed E-state index contributed by atoms with van der Waals surface area (Å²) in [5.74, 6) is 0. The average molecular weight is 221 g/mol. The number of hydrogen-bond acceptors (Lipinski definition) is 2. The Morgan fingerprint density at radius 3 is 2.75 bits per heavy atom. The van der Waals surface area contributed by atoms with E-state index in [2.05, 4.69) is 18.0 Å². The molecule has 0 aliphatic carbocycles. The summed E-state index contributed by atoms with van der Waals surface area (Å²) < 4.78 is 0. The fourth-order valence-corrected chi connectivity index (χ4v) is 1.89. The van der Waals surface area contributed by atoms with Gasteiger partial charge >= 0.3 is 0 Å². The largest absolute Gasteiger partial charge is 0.393 e. The summed E-state index contributed by atoms with van der Waals surface area (Å²) in [5.41, 5.74) is 1.18. The van der Waals surface area contributed by atoms with Crippen molar-refractivity contribution in [1.82, 2.24) is 4.98 Å². The molecule has 0 aliphatic heterocycles. The van der Waals surface area contributed by atoms with Crippen LogP contribution >= 0.6 is 0 Å². The molecule has 0 bridgehead atoms. The van der Waals surface area contributed by atoms with Gasteiger partial charge in [0.15, 0.2) is 0 Å². The number of aliphatic hydroxyl groups excluding tert-OH is 1. The molecule has 0 spiro atoms. The predicted molar refractivity (Wildman–Crippen MR) is 67.3 cm³/mol. The fourth-order valence-electron chi connectivity index (χ4n) is 1.89. The predicted octanol–water partition coefficient (Wildman–Crippen LogP) is 3.35. The van der Waals surface area contributed by atoms with Crippen molar-refractivity contribution in [3.8, 4) is 0 Å². The number of aliphatic hydroxyl groups is 1. The van der Waals surface area contributed by atoms with Gasteiger partial charge in [-0.15, -0.1) is 0 Å². The summed E-state index contributed by atoms with van der Waals surface area (Å²) in [5, 5.41) is 9.55. The van der Waals surface area contributed by atoms with E-state index in [-0.39, 0.29) is 6.10 Å². The molecule has 0 amide bonds. The molecule has 0 aliphatic rings. The van der Waals surface area contributed by atoms with Crippen LogP contribution in [0.4, 0.5) is 0 Å². The Morgan fingerprint density at radius 1 is 1.19 bits per heavy atom. The summed E-state index contributed by atoms with van der Waals surface area (Å²) >= 11 is 0. The van der Waals surface area contributed by atoms with E-state index in [1.807, 2.05) is 18.3 Å². The molecule has 0 radical (unpaired) electrons. The molecule has 0 fully saturated rings. The molecule has 1 heterocycles. The minimum atomic E-state index is -0.0835. The Morgan fingerprint density at radius 2 is 2.06 bits per heavy atom. The number of aromatic nitrogens is 1. The number of rotatable bonds is 8. The average Bonchev–Trinajstić information content (AvgIpc) is 2.30.